The number of hydrogen-bond acceptors (Lipinski definition) is 2. The van der Waals surface area contributed by atoms with Crippen LogP contribution in [0.15, 0.2) is 66.9 Å². The Hall–Kier alpha value is -2.63. The van der Waals surface area contributed by atoms with Crippen LogP contribution in [0.4, 0.5) is 0 Å². The molecule has 0 unspecified atom stereocenters. The summed E-state index contributed by atoms with van der Waals surface area (Å²) < 4.78 is 0. The number of nitrogens with one attached hydrogen (secondary N) is 1. The van der Waals surface area contributed by atoms with Crippen molar-refractivity contribution in [3.63, 3.8) is 0 Å². The van der Waals surface area contributed by atoms with Gasteiger partial charge in [0.1, 0.15) is 0 Å². The van der Waals surface area contributed by atoms with Crippen molar-refractivity contribution >= 4 is 10.9 Å². The van der Waals surface area contributed by atoms with E-state index in [1.54, 1.807) is 0 Å². The minimum absolute atomic E-state index is 0.665. The van der Waals surface area contributed by atoms with Gasteiger partial charge in [0.2, 0.25) is 0 Å². The van der Waals surface area contributed by atoms with Crippen LogP contribution in [0.25, 0.3) is 10.9 Å². The molecule has 0 fully saturated rings. The number of fused-ring (bicyclic) bond motifs is 1. The number of hydrogen-bond donors (Lipinski definition) is 1. The average molecular weight is 272 g/mol. The zero-order chi connectivity index (χ0) is 14.3. The summed E-state index contributed by atoms with van der Waals surface area (Å²) >= 11 is 0. The van der Waals surface area contributed by atoms with Crippen LogP contribution < -0.4 is 5.32 Å². The SMILES string of the molecule is C(#Cc1ccccc1)CNCc1cccc2cccnc12. The quantitative estimate of drug-likeness (QED) is 0.584. The van der Waals surface area contributed by atoms with Crippen molar-refractivity contribution in [3.05, 3.63) is 78.0 Å². The lowest BCUT2D eigenvalue weighted by molar-refractivity contribution is 0.773. The molecule has 3 aromatic rings. The Morgan fingerprint density at radius 1 is 0.905 bits per heavy atom. The van der Waals surface area contributed by atoms with Crippen molar-refractivity contribution in [1.82, 2.24) is 10.3 Å². The van der Waals surface area contributed by atoms with Crippen molar-refractivity contribution in [3.8, 4) is 11.8 Å². The third kappa shape index (κ3) is 3.47. The minimum atomic E-state index is 0.665. The van der Waals surface area contributed by atoms with Crippen molar-refractivity contribution < 1.29 is 0 Å². The van der Waals surface area contributed by atoms with Crippen LogP contribution in [0.2, 0.25) is 0 Å². The number of aromatic nitrogens is 1. The van der Waals surface area contributed by atoms with E-state index < -0.39 is 0 Å². The molecule has 1 aromatic heterocycles. The number of benzene rings is 2. The second-order valence-electron chi connectivity index (χ2n) is 4.76. The molecule has 0 atom stereocenters. The molecule has 1 N–H and O–H groups in total. The highest BCUT2D eigenvalue weighted by Gasteiger charge is 2.00. The van der Waals surface area contributed by atoms with Crippen molar-refractivity contribution in [2.75, 3.05) is 6.54 Å². The minimum Gasteiger partial charge on any atom is -0.302 e. The Bertz CT molecular complexity index is 777. The Kier molecular flexibility index (Phi) is 4.26. The Morgan fingerprint density at radius 2 is 1.76 bits per heavy atom. The van der Waals surface area contributed by atoms with Crippen LogP contribution in [0.3, 0.4) is 0 Å². The summed E-state index contributed by atoms with van der Waals surface area (Å²) in [6.07, 6.45) is 1.83. The standard InChI is InChI=1S/C19H16N2/c1-2-7-16(8-3-1)9-5-13-20-15-18-11-4-10-17-12-6-14-21-19(17)18/h1-4,6-8,10-12,14,20H,13,15H2. The third-order valence-corrected chi connectivity index (χ3v) is 3.25. The molecule has 2 heteroatoms. The fourth-order valence-electron chi connectivity index (χ4n) is 2.24. The van der Waals surface area contributed by atoms with Crippen LogP contribution in [0, 0.1) is 11.8 Å². The van der Waals surface area contributed by atoms with Crippen molar-refractivity contribution in [2.24, 2.45) is 0 Å². The van der Waals surface area contributed by atoms with E-state index in [-0.39, 0.29) is 0 Å². The fraction of sp³-hybridized carbons (Fsp3) is 0.105. The van der Waals surface area contributed by atoms with E-state index in [0.29, 0.717) is 6.54 Å². The fourth-order valence-corrected chi connectivity index (χ4v) is 2.24. The van der Waals surface area contributed by atoms with Crippen LogP contribution >= 0.6 is 0 Å². The molecule has 0 saturated carbocycles. The molecule has 0 saturated heterocycles. The van der Waals surface area contributed by atoms with Gasteiger partial charge in [-0.25, -0.2) is 0 Å². The molecule has 0 spiro atoms. The van der Waals surface area contributed by atoms with Gasteiger partial charge in [0, 0.05) is 23.7 Å². The molecule has 1 heterocycles. The number of rotatable bonds is 3. The normalized spacial score (nSPS) is 10.1. The summed E-state index contributed by atoms with van der Waals surface area (Å²) in [5.74, 6) is 6.28. The maximum absolute atomic E-state index is 4.45. The number of pyridine rings is 1. The van der Waals surface area contributed by atoms with Gasteiger partial charge in [-0.2, -0.15) is 0 Å². The smallest absolute Gasteiger partial charge is 0.0746 e. The van der Waals surface area contributed by atoms with Gasteiger partial charge in [-0.05, 0) is 23.8 Å². The summed E-state index contributed by atoms with van der Waals surface area (Å²) in [6, 6.07) is 20.3. The summed E-state index contributed by atoms with van der Waals surface area (Å²) in [5.41, 5.74) is 3.31. The van der Waals surface area contributed by atoms with Crippen LogP contribution in [0.5, 0.6) is 0 Å². The van der Waals surface area contributed by atoms with Gasteiger partial charge < -0.3 is 5.32 Å². The Balaban J connectivity index is 1.62. The molecule has 3 rings (SSSR count). The lowest BCUT2D eigenvalue weighted by Crippen LogP contribution is -2.13. The zero-order valence-electron chi connectivity index (χ0n) is 11.7. The lowest BCUT2D eigenvalue weighted by Gasteiger charge is -2.05. The molecule has 0 aliphatic heterocycles. The second-order valence-corrected chi connectivity index (χ2v) is 4.76. The van der Waals surface area contributed by atoms with Gasteiger partial charge in [0.05, 0.1) is 12.1 Å². The van der Waals surface area contributed by atoms with E-state index >= 15 is 0 Å². The maximum atomic E-state index is 4.45. The molecule has 2 nitrogen and oxygen atoms in total. The Morgan fingerprint density at radius 3 is 2.67 bits per heavy atom. The van der Waals surface area contributed by atoms with E-state index in [4.69, 9.17) is 0 Å². The zero-order valence-corrected chi connectivity index (χ0v) is 11.7. The molecule has 2 aromatic carbocycles. The lowest BCUT2D eigenvalue weighted by atomic mass is 10.1. The summed E-state index contributed by atoms with van der Waals surface area (Å²) in [5, 5.41) is 4.52. The topological polar surface area (TPSA) is 24.9 Å². The molecule has 0 radical (unpaired) electrons. The first-order chi connectivity index (χ1) is 10.4. The van der Waals surface area contributed by atoms with Gasteiger partial charge in [-0.1, -0.05) is 54.3 Å². The molecular weight excluding hydrogens is 256 g/mol. The molecule has 0 bridgehead atoms. The van der Waals surface area contributed by atoms with Crippen LogP contribution in [-0.2, 0) is 6.54 Å². The molecule has 0 amide bonds. The van der Waals surface area contributed by atoms with Gasteiger partial charge in [-0.3, -0.25) is 4.98 Å². The highest BCUT2D eigenvalue weighted by molar-refractivity contribution is 5.81. The van der Waals surface area contributed by atoms with Crippen molar-refractivity contribution in [2.45, 2.75) is 6.54 Å². The van der Waals surface area contributed by atoms with Crippen LogP contribution in [0.1, 0.15) is 11.1 Å². The first-order valence-electron chi connectivity index (χ1n) is 7.01. The first-order valence-corrected chi connectivity index (χ1v) is 7.01. The monoisotopic (exact) mass is 272 g/mol. The average Bonchev–Trinajstić information content (AvgIpc) is 2.56. The number of para-hydroxylation sites is 1. The van der Waals surface area contributed by atoms with E-state index in [1.807, 2.05) is 42.6 Å². The molecular formula is C19H16N2. The van der Waals surface area contributed by atoms with Gasteiger partial charge in [0.25, 0.3) is 0 Å². The summed E-state index contributed by atoms with van der Waals surface area (Å²) in [7, 11) is 0. The maximum Gasteiger partial charge on any atom is 0.0746 e. The summed E-state index contributed by atoms with van der Waals surface area (Å²) in [4.78, 5) is 4.45. The van der Waals surface area contributed by atoms with E-state index in [2.05, 4.69) is 46.4 Å². The van der Waals surface area contributed by atoms with Gasteiger partial charge in [0.15, 0.2) is 0 Å². The van der Waals surface area contributed by atoms with Gasteiger partial charge >= 0.3 is 0 Å². The third-order valence-electron chi connectivity index (χ3n) is 3.25. The molecule has 0 aliphatic rings. The van der Waals surface area contributed by atoms with E-state index in [9.17, 15) is 0 Å². The molecule has 0 aliphatic carbocycles. The molecule has 102 valence electrons. The van der Waals surface area contributed by atoms with Crippen molar-refractivity contribution in [1.29, 1.82) is 0 Å². The Labute approximate surface area is 124 Å². The second kappa shape index (κ2) is 6.69. The van der Waals surface area contributed by atoms with Gasteiger partial charge in [-0.15, -0.1) is 0 Å². The number of nitrogens with zero attached hydrogens (tertiary/aromatic N) is 1. The summed E-state index contributed by atoms with van der Waals surface area (Å²) in [6.45, 7) is 1.44. The highest BCUT2D eigenvalue weighted by Crippen LogP contribution is 2.15. The van der Waals surface area contributed by atoms with E-state index in [1.165, 1.54) is 10.9 Å². The van der Waals surface area contributed by atoms with Crippen LogP contribution in [-0.4, -0.2) is 11.5 Å². The predicted octanol–water partition coefficient (Wildman–Crippen LogP) is 3.38. The van der Waals surface area contributed by atoms with E-state index in [0.717, 1.165) is 17.6 Å². The largest absolute Gasteiger partial charge is 0.302 e. The highest BCUT2D eigenvalue weighted by atomic mass is 14.8. The first kappa shape index (κ1) is 13.4. The predicted molar refractivity (Wildman–Crippen MR) is 86.8 cm³/mol. The molecule has 21 heavy (non-hydrogen) atoms.